The first-order valence-electron chi connectivity index (χ1n) is 7.55. The van der Waals surface area contributed by atoms with Gasteiger partial charge >= 0.3 is 0 Å². The van der Waals surface area contributed by atoms with Crippen molar-refractivity contribution in [1.82, 2.24) is 4.98 Å². The fourth-order valence-corrected chi connectivity index (χ4v) is 2.73. The Morgan fingerprint density at radius 3 is 2.75 bits per heavy atom. The normalized spacial score (nSPS) is 14.9. The summed E-state index contributed by atoms with van der Waals surface area (Å²) in [6, 6.07) is 7.00. The zero-order chi connectivity index (χ0) is 14.1. The number of nitrogens with two attached hydrogens (primary N) is 1. The number of nitrogens with zero attached hydrogens (tertiary/aromatic N) is 2. The summed E-state index contributed by atoms with van der Waals surface area (Å²) >= 11 is 0. The number of fused-ring (bicyclic) bond motifs is 1. The molecule has 20 heavy (non-hydrogen) atoms. The second-order valence-corrected chi connectivity index (χ2v) is 6.20. The minimum Gasteiger partial charge on any atom is -0.398 e. The molecule has 1 heterocycles. The Morgan fingerprint density at radius 2 is 2.05 bits per heavy atom. The van der Waals surface area contributed by atoms with Gasteiger partial charge in [0.15, 0.2) is 0 Å². The lowest BCUT2D eigenvalue weighted by Crippen LogP contribution is -2.28. The molecule has 1 aromatic heterocycles. The maximum absolute atomic E-state index is 6.08. The Hall–Kier alpha value is -1.77. The fourth-order valence-electron chi connectivity index (χ4n) is 2.73. The molecule has 1 aliphatic carbocycles. The van der Waals surface area contributed by atoms with Crippen LogP contribution in [0.1, 0.15) is 33.1 Å². The summed E-state index contributed by atoms with van der Waals surface area (Å²) in [4.78, 5) is 6.78. The van der Waals surface area contributed by atoms with Gasteiger partial charge in [0.05, 0.1) is 0 Å². The Balaban J connectivity index is 2.00. The van der Waals surface area contributed by atoms with Gasteiger partial charge in [0.2, 0.25) is 0 Å². The van der Waals surface area contributed by atoms with Crippen molar-refractivity contribution in [2.75, 3.05) is 17.2 Å². The summed E-state index contributed by atoms with van der Waals surface area (Å²) < 4.78 is 0. The summed E-state index contributed by atoms with van der Waals surface area (Å²) in [5.41, 5.74) is 8.22. The molecule has 0 amide bonds. The molecule has 0 bridgehead atoms. The topological polar surface area (TPSA) is 42.1 Å². The molecule has 1 aromatic carbocycles. The van der Waals surface area contributed by atoms with Crippen LogP contribution >= 0.6 is 0 Å². The van der Waals surface area contributed by atoms with Crippen molar-refractivity contribution in [3.63, 3.8) is 0 Å². The van der Waals surface area contributed by atoms with Gasteiger partial charge in [-0.2, -0.15) is 0 Å². The van der Waals surface area contributed by atoms with Gasteiger partial charge in [-0.25, -0.2) is 0 Å². The highest BCUT2D eigenvalue weighted by Crippen LogP contribution is 2.37. The summed E-state index contributed by atoms with van der Waals surface area (Å²) in [7, 11) is 0. The van der Waals surface area contributed by atoms with E-state index >= 15 is 0 Å². The third kappa shape index (κ3) is 2.58. The molecular weight excluding hydrogens is 246 g/mol. The number of nitrogen functional groups attached to an aromatic ring is 1. The number of hydrogen-bond donors (Lipinski definition) is 1. The highest BCUT2D eigenvalue weighted by atomic mass is 15.2. The van der Waals surface area contributed by atoms with Crippen LogP contribution in [0.2, 0.25) is 0 Å². The number of hydrogen-bond acceptors (Lipinski definition) is 3. The predicted octanol–water partition coefficient (Wildman–Crippen LogP) is 3.83. The van der Waals surface area contributed by atoms with Gasteiger partial charge in [0, 0.05) is 47.1 Å². The smallest absolute Gasteiger partial charge is 0.0451 e. The van der Waals surface area contributed by atoms with E-state index in [9.17, 15) is 0 Å². The van der Waals surface area contributed by atoms with E-state index in [0.717, 1.165) is 23.5 Å². The molecule has 1 saturated carbocycles. The summed E-state index contributed by atoms with van der Waals surface area (Å²) in [5, 5.41) is 2.30. The Labute approximate surface area is 120 Å². The molecule has 0 radical (unpaired) electrons. The third-order valence-corrected chi connectivity index (χ3v) is 4.07. The zero-order valence-corrected chi connectivity index (χ0v) is 12.3. The Kier molecular flexibility index (Phi) is 3.51. The predicted molar refractivity (Wildman–Crippen MR) is 86.0 cm³/mol. The highest BCUT2D eigenvalue weighted by molar-refractivity contribution is 6.01. The number of aromatic nitrogens is 1. The van der Waals surface area contributed by atoms with E-state index in [-0.39, 0.29) is 0 Å². The first-order valence-corrected chi connectivity index (χ1v) is 7.55. The van der Waals surface area contributed by atoms with Gasteiger partial charge in [-0.3, -0.25) is 4.98 Å². The van der Waals surface area contributed by atoms with E-state index in [0.29, 0.717) is 6.04 Å². The van der Waals surface area contributed by atoms with Crippen LogP contribution in [0.15, 0.2) is 30.6 Å². The van der Waals surface area contributed by atoms with E-state index in [1.807, 2.05) is 18.5 Å². The Bertz CT molecular complexity index is 602. The van der Waals surface area contributed by atoms with Crippen molar-refractivity contribution in [3.8, 4) is 0 Å². The van der Waals surface area contributed by atoms with Crippen LogP contribution in [-0.2, 0) is 0 Å². The van der Waals surface area contributed by atoms with Gasteiger partial charge in [-0.15, -0.1) is 0 Å². The van der Waals surface area contributed by atoms with Crippen LogP contribution in [0.3, 0.4) is 0 Å². The van der Waals surface area contributed by atoms with Gasteiger partial charge < -0.3 is 10.6 Å². The van der Waals surface area contributed by atoms with E-state index in [1.165, 1.54) is 30.3 Å². The van der Waals surface area contributed by atoms with Gasteiger partial charge in [0.1, 0.15) is 0 Å². The lowest BCUT2D eigenvalue weighted by Gasteiger charge is -2.27. The van der Waals surface area contributed by atoms with Crippen molar-refractivity contribution in [1.29, 1.82) is 0 Å². The molecule has 0 atom stereocenters. The standard InChI is InChI=1S/C17H23N3/c1-12(2)8-10-20(13-3-4-13)17-6-5-16(18)15-11-19-9-7-14(15)17/h5-7,9,11-13H,3-4,8,10,18H2,1-2H3. The van der Waals surface area contributed by atoms with E-state index in [1.54, 1.807) is 0 Å². The lowest BCUT2D eigenvalue weighted by molar-refractivity contribution is 0.571. The minimum atomic E-state index is 0.716. The van der Waals surface area contributed by atoms with Crippen molar-refractivity contribution in [2.45, 2.75) is 39.2 Å². The van der Waals surface area contributed by atoms with Crippen LogP contribution in [-0.4, -0.2) is 17.6 Å². The minimum absolute atomic E-state index is 0.716. The summed E-state index contributed by atoms with van der Waals surface area (Å²) in [6.45, 7) is 5.70. The van der Waals surface area contributed by atoms with Gasteiger partial charge in [-0.1, -0.05) is 13.8 Å². The fraction of sp³-hybridized carbons (Fsp3) is 0.471. The molecule has 0 spiro atoms. The van der Waals surface area contributed by atoms with Gasteiger partial charge in [0.25, 0.3) is 0 Å². The van der Waals surface area contributed by atoms with Crippen molar-refractivity contribution < 1.29 is 0 Å². The molecular formula is C17H23N3. The van der Waals surface area contributed by atoms with Crippen LogP contribution in [0, 0.1) is 5.92 Å². The Morgan fingerprint density at radius 1 is 1.25 bits per heavy atom. The second-order valence-electron chi connectivity index (χ2n) is 6.20. The average molecular weight is 269 g/mol. The van der Waals surface area contributed by atoms with Crippen molar-refractivity contribution >= 4 is 22.1 Å². The number of benzene rings is 1. The second kappa shape index (κ2) is 5.31. The number of rotatable bonds is 5. The number of pyridine rings is 1. The molecule has 0 saturated heterocycles. The zero-order valence-electron chi connectivity index (χ0n) is 12.3. The summed E-state index contributed by atoms with van der Waals surface area (Å²) in [6.07, 6.45) is 7.60. The maximum Gasteiger partial charge on any atom is 0.0451 e. The molecule has 3 rings (SSSR count). The first-order chi connectivity index (χ1) is 9.66. The largest absolute Gasteiger partial charge is 0.398 e. The maximum atomic E-state index is 6.08. The van der Waals surface area contributed by atoms with Gasteiger partial charge in [-0.05, 0) is 43.4 Å². The van der Waals surface area contributed by atoms with E-state index in [2.05, 4.69) is 35.9 Å². The van der Waals surface area contributed by atoms with Crippen molar-refractivity contribution in [2.24, 2.45) is 5.92 Å². The SMILES string of the molecule is CC(C)CCN(c1ccc(N)c2cnccc12)C1CC1. The molecule has 0 unspecified atom stereocenters. The average Bonchev–Trinajstić information content (AvgIpc) is 3.26. The molecule has 1 aliphatic rings. The van der Waals surface area contributed by atoms with Crippen LogP contribution in [0.25, 0.3) is 10.8 Å². The van der Waals surface area contributed by atoms with Crippen LogP contribution < -0.4 is 10.6 Å². The highest BCUT2D eigenvalue weighted by Gasteiger charge is 2.30. The third-order valence-electron chi connectivity index (χ3n) is 4.07. The molecule has 3 heteroatoms. The lowest BCUT2D eigenvalue weighted by atomic mass is 10.1. The van der Waals surface area contributed by atoms with E-state index < -0.39 is 0 Å². The monoisotopic (exact) mass is 269 g/mol. The van der Waals surface area contributed by atoms with Crippen molar-refractivity contribution in [3.05, 3.63) is 30.6 Å². The molecule has 106 valence electrons. The van der Waals surface area contributed by atoms with E-state index in [4.69, 9.17) is 5.73 Å². The molecule has 1 fully saturated rings. The van der Waals surface area contributed by atoms with Crippen LogP contribution in [0.4, 0.5) is 11.4 Å². The van der Waals surface area contributed by atoms with Crippen LogP contribution in [0.5, 0.6) is 0 Å². The molecule has 2 N–H and O–H groups in total. The molecule has 0 aliphatic heterocycles. The summed E-state index contributed by atoms with van der Waals surface area (Å²) in [5.74, 6) is 0.734. The first kappa shape index (κ1) is 13.2. The number of anilines is 2. The molecule has 3 nitrogen and oxygen atoms in total. The quantitative estimate of drug-likeness (QED) is 0.839. The molecule has 2 aromatic rings.